The highest BCUT2D eigenvalue weighted by Gasteiger charge is 2.52. The van der Waals surface area contributed by atoms with Gasteiger partial charge in [-0.25, -0.2) is 17.9 Å². The number of hydrogen-bond donors (Lipinski definition) is 0. The number of rotatable bonds is 9. The number of nitrogens with zero attached hydrogens (tertiary/aromatic N) is 3. The average Bonchev–Trinajstić information content (AvgIpc) is 3.40. The van der Waals surface area contributed by atoms with Crippen molar-refractivity contribution >= 4 is 41.3 Å². The van der Waals surface area contributed by atoms with Crippen LogP contribution in [-0.4, -0.2) is 63.3 Å². The van der Waals surface area contributed by atoms with Gasteiger partial charge in [-0.2, -0.15) is 0 Å². The molecule has 4 rings (SSSR count). The predicted molar refractivity (Wildman–Crippen MR) is 144 cm³/mol. The molecule has 0 saturated carbocycles. The highest BCUT2D eigenvalue weighted by atomic mass is 35.5. The number of hydrogen-bond acceptors (Lipinski definition) is 10. The highest BCUT2D eigenvalue weighted by Crippen LogP contribution is 2.40. The van der Waals surface area contributed by atoms with Gasteiger partial charge in [0.1, 0.15) is 29.9 Å². The van der Waals surface area contributed by atoms with Gasteiger partial charge in [0.25, 0.3) is 0 Å². The molecule has 1 aromatic heterocycles. The topological polar surface area (TPSA) is 119 Å². The van der Waals surface area contributed by atoms with Crippen LogP contribution in [0.25, 0.3) is 11.3 Å². The first-order valence-electron chi connectivity index (χ1n) is 12.5. The van der Waals surface area contributed by atoms with Crippen LogP contribution >= 0.6 is 23.4 Å². The summed E-state index contributed by atoms with van der Waals surface area (Å²) >= 11 is 7.24. The lowest BCUT2D eigenvalue weighted by Crippen LogP contribution is -2.57. The third-order valence-electron chi connectivity index (χ3n) is 6.09. The maximum atomic E-state index is 13.9. The molecule has 0 bridgehead atoms. The van der Waals surface area contributed by atoms with Crippen LogP contribution in [0.2, 0.25) is 5.02 Å². The zero-order chi connectivity index (χ0) is 30.6. The predicted octanol–water partition coefficient (Wildman–Crippen LogP) is 4.64. The lowest BCUT2D eigenvalue weighted by molar-refractivity contribution is -0.212. The zero-order valence-corrected chi connectivity index (χ0v) is 24.0. The average molecular weight is 628 g/mol. The molecule has 10 nitrogen and oxygen atoms in total. The number of carbonyl (C=O) groups excluding carboxylic acids is 3. The molecular weight excluding hydrogens is 603 g/mol. The van der Waals surface area contributed by atoms with Gasteiger partial charge in [-0.3, -0.25) is 14.4 Å². The second-order valence-corrected chi connectivity index (χ2v) is 10.8. The first-order chi connectivity index (χ1) is 19.9. The Balaban J connectivity index is 1.76. The summed E-state index contributed by atoms with van der Waals surface area (Å²) < 4.78 is 65.3. The van der Waals surface area contributed by atoms with Crippen molar-refractivity contribution in [1.29, 1.82) is 0 Å². The third-order valence-corrected chi connectivity index (χ3v) is 7.55. The van der Waals surface area contributed by atoms with E-state index in [-0.39, 0.29) is 17.9 Å². The minimum Gasteiger partial charge on any atom is -0.463 e. The molecule has 42 heavy (non-hydrogen) atoms. The van der Waals surface area contributed by atoms with Gasteiger partial charge in [-0.05, 0) is 29.8 Å². The van der Waals surface area contributed by atoms with E-state index in [1.807, 2.05) is 0 Å². The van der Waals surface area contributed by atoms with Crippen molar-refractivity contribution in [3.05, 3.63) is 70.6 Å². The molecule has 0 spiro atoms. The quantitative estimate of drug-likeness (QED) is 0.189. The maximum Gasteiger partial charge on any atom is 0.303 e. The van der Waals surface area contributed by atoms with E-state index < -0.39 is 65.1 Å². The van der Waals surface area contributed by atoms with Crippen molar-refractivity contribution < 1.29 is 46.5 Å². The van der Waals surface area contributed by atoms with Crippen LogP contribution in [0.5, 0.6) is 0 Å². The normalized spacial score (nSPS) is 21.9. The van der Waals surface area contributed by atoms with Gasteiger partial charge < -0.3 is 18.9 Å². The van der Waals surface area contributed by atoms with Gasteiger partial charge in [0.05, 0.1) is 6.20 Å². The Morgan fingerprint density at radius 3 is 2.19 bits per heavy atom. The largest absolute Gasteiger partial charge is 0.463 e. The number of halogens is 4. The fraction of sp³-hybridized carbons (Fsp3) is 0.370. The van der Waals surface area contributed by atoms with E-state index in [1.165, 1.54) is 36.5 Å². The molecule has 0 radical (unpaired) electrons. The van der Waals surface area contributed by atoms with E-state index in [4.69, 9.17) is 30.5 Å². The summed E-state index contributed by atoms with van der Waals surface area (Å²) in [5.74, 6) is -6.15. The van der Waals surface area contributed by atoms with E-state index in [0.29, 0.717) is 10.8 Å². The van der Waals surface area contributed by atoms with Crippen molar-refractivity contribution in [3.63, 3.8) is 0 Å². The van der Waals surface area contributed by atoms with Crippen LogP contribution in [-0.2, 0) is 39.1 Å². The molecule has 0 N–H and O–H groups in total. The minimum atomic E-state index is -1.64. The van der Waals surface area contributed by atoms with Crippen molar-refractivity contribution in [2.24, 2.45) is 0 Å². The Kier molecular flexibility index (Phi) is 10.1. The number of carbonyl (C=O) groups is 3. The Morgan fingerprint density at radius 1 is 0.976 bits per heavy atom. The summed E-state index contributed by atoms with van der Waals surface area (Å²) in [6, 6.07) is 7.42. The van der Waals surface area contributed by atoms with Gasteiger partial charge in [-0.15, -0.1) is 16.9 Å². The summed E-state index contributed by atoms with van der Waals surface area (Å²) in [7, 11) is 0. The van der Waals surface area contributed by atoms with E-state index in [1.54, 1.807) is 24.3 Å². The molecule has 2 aromatic carbocycles. The summed E-state index contributed by atoms with van der Waals surface area (Å²) in [4.78, 5) is 36.1. The number of esters is 3. The van der Waals surface area contributed by atoms with Crippen LogP contribution in [0, 0.1) is 17.5 Å². The molecule has 3 aromatic rings. The summed E-state index contributed by atoms with van der Waals surface area (Å²) in [6.45, 7) is 3.20. The smallest absolute Gasteiger partial charge is 0.303 e. The number of thioether (sulfide) groups is 1. The summed E-state index contributed by atoms with van der Waals surface area (Å²) in [5, 5.41) is 8.57. The fourth-order valence-corrected chi connectivity index (χ4v) is 5.64. The molecule has 0 amide bonds. The van der Waals surface area contributed by atoms with Crippen molar-refractivity contribution in [2.45, 2.75) is 56.3 Å². The van der Waals surface area contributed by atoms with Crippen LogP contribution < -0.4 is 0 Å². The van der Waals surface area contributed by atoms with Crippen LogP contribution in [0.15, 0.2) is 42.6 Å². The standard InChI is InChI=1S/C27H25ClF3N3O7S/c1-13(35)38-11-22-25(39-14(2)36)24(34-10-21(32-33-34)17-8-19(29)23(31)20(30)9-17)26(40-15(3)37)27(41-22)42-12-16-4-6-18(28)7-5-16/h4-10,22,24-27H,11-12H2,1-3H3. The molecule has 2 heterocycles. The highest BCUT2D eigenvalue weighted by molar-refractivity contribution is 7.99. The monoisotopic (exact) mass is 627 g/mol. The van der Waals surface area contributed by atoms with Crippen molar-refractivity contribution in [3.8, 4) is 11.3 Å². The molecule has 224 valence electrons. The van der Waals surface area contributed by atoms with Crippen molar-refractivity contribution in [1.82, 2.24) is 15.0 Å². The van der Waals surface area contributed by atoms with Gasteiger partial charge in [0.15, 0.2) is 29.7 Å². The number of ether oxygens (including phenoxy) is 4. The molecule has 0 aliphatic carbocycles. The van der Waals surface area contributed by atoms with Gasteiger partial charge in [0.2, 0.25) is 0 Å². The van der Waals surface area contributed by atoms with E-state index in [0.717, 1.165) is 24.6 Å². The Morgan fingerprint density at radius 2 is 1.60 bits per heavy atom. The van der Waals surface area contributed by atoms with E-state index in [2.05, 4.69) is 10.3 Å². The van der Waals surface area contributed by atoms with Crippen LogP contribution in [0.4, 0.5) is 13.2 Å². The molecule has 5 atom stereocenters. The maximum absolute atomic E-state index is 13.9. The molecule has 5 unspecified atom stereocenters. The van der Waals surface area contributed by atoms with Gasteiger partial charge in [-0.1, -0.05) is 28.9 Å². The van der Waals surface area contributed by atoms with Gasteiger partial charge >= 0.3 is 17.9 Å². The Hall–Kier alpha value is -3.62. The zero-order valence-electron chi connectivity index (χ0n) is 22.5. The lowest BCUT2D eigenvalue weighted by Gasteiger charge is -2.44. The number of benzene rings is 2. The fourth-order valence-electron chi connectivity index (χ4n) is 4.34. The lowest BCUT2D eigenvalue weighted by atomic mass is 9.96. The molecule has 15 heteroatoms. The Bertz CT molecular complexity index is 1440. The molecular formula is C27H25ClF3N3O7S. The van der Waals surface area contributed by atoms with E-state index in [9.17, 15) is 27.6 Å². The first-order valence-corrected chi connectivity index (χ1v) is 13.9. The third kappa shape index (κ3) is 7.61. The van der Waals surface area contributed by atoms with E-state index >= 15 is 0 Å². The second kappa shape index (κ2) is 13.6. The first kappa shape index (κ1) is 31.3. The van der Waals surface area contributed by atoms with Gasteiger partial charge in [0, 0.05) is 37.1 Å². The number of aromatic nitrogens is 3. The molecule has 1 fully saturated rings. The Labute approximate surface area is 247 Å². The molecule has 1 aliphatic rings. The SMILES string of the molecule is CC(=O)OCC1OC(SCc2ccc(Cl)cc2)C(OC(C)=O)C(n2cc(-c3cc(F)c(F)c(F)c3)nn2)C1OC(C)=O. The summed E-state index contributed by atoms with van der Waals surface area (Å²) in [6.07, 6.45) is -2.15. The van der Waals surface area contributed by atoms with Crippen molar-refractivity contribution in [2.75, 3.05) is 6.61 Å². The second-order valence-electron chi connectivity index (χ2n) is 9.26. The van der Waals surface area contributed by atoms with Crippen LogP contribution in [0.3, 0.4) is 0 Å². The summed E-state index contributed by atoms with van der Waals surface area (Å²) in [5.41, 5.74) is -0.212. The van der Waals surface area contributed by atoms with Crippen LogP contribution in [0.1, 0.15) is 32.4 Å². The molecule has 1 aliphatic heterocycles. The molecule has 1 saturated heterocycles. The minimum absolute atomic E-state index is 0.0515.